The van der Waals surface area contributed by atoms with Crippen molar-refractivity contribution in [2.45, 2.75) is 19.6 Å². The summed E-state index contributed by atoms with van der Waals surface area (Å²) >= 11 is 7.63. The van der Waals surface area contributed by atoms with Gasteiger partial charge in [0.1, 0.15) is 5.75 Å². The summed E-state index contributed by atoms with van der Waals surface area (Å²) in [6.07, 6.45) is 0.884. The first-order valence-corrected chi connectivity index (χ1v) is 8.54. The minimum atomic E-state index is -2.88. The smallest absolute Gasteiger partial charge is 0.387 e. The summed E-state index contributed by atoms with van der Waals surface area (Å²) < 4.78 is 29.4. The molecule has 0 fully saturated rings. The van der Waals surface area contributed by atoms with Crippen molar-refractivity contribution >= 4 is 52.9 Å². The van der Waals surface area contributed by atoms with Gasteiger partial charge in [0.2, 0.25) is 0 Å². The van der Waals surface area contributed by atoms with Crippen molar-refractivity contribution in [3.63, 3.8) is 0 Å². The standard InChI is InChI=1S/C16H18ClF2N3OS.HI/c1-20-16(21-7-6-13-3-2-8-24-13)22-10-11-9-12(17)4-5-14(11)23-15(18)19;/h2-5,8-9,15H,6-7,10H2,1H3,(H2,20,21,22);1H. The number of alkyl halides is 2. The Morgan fingerprint density at radius 2 is 2.12 bits per heavy atom. The lowest BCUT2D eigenvalue weighted by Crippen LogP contribution is -2.37. The zero-order valence-corrected chi connectivity index (χ0v) is 17.4. The van der Waals surface area contributed by atoms with E-state index in [1.54, 1.807) is 24.5 Å². The van der Waals surface area contributed by atoms with Crippen LogP contribution in [0.25, 0.3) is 0 Å². The van der Waals surface area contributed by atoms with E-state index in [4.69, 9.17) is 11.6 Å². The van der Waals surface area contributed by atoms with Gasteiger partial charge in [-0.1, -0.05) is 17.7 Å². The number of nitrogens with one attached hydrogen (secondary N) is 2. The molecule has 0 radical (unpaired) electrons. The van der Waals surface area contributed by atoms with Gasteiger partial charge in [-0.25, -0.2) is 0 Å². The zero-order valence-electron chi connectivity index (χ0n) is 13.5. The van der Waals surface area contributed by atoms with E-state index in [0.29, 0.717) is 16.5 Å². The van der Waals surface area contributed by atoms with Gasteiger partial charge in [-0.15, -0.1) is 35.3 Å². The van der Waals surface area contributed by atoms with Gasteiger partial charge in [0.25, 0.3) is 0 Å². The van der Waals surface area contributed by atoms with Crippen LogP contribution in [0, 0.1) is 0 Å². The molecule has 0 saturated carbocycles. The van der Waals surface area contributed by atoms with Crippen molar-refractivity contribution in [3.05, 3.63) is 51.2 Å². The Hall–Kier alpha value is -1.13. The van der Waals surface area contributed by atoms with Gasteiger partial charge in [-0.2, -0.15) is 8.78 Å². The molecule has 1 aromatic heterocycles. The number of hydrogen-bond donors (Lipinski definition) is 2. The minimum absolute atomic E-state index is 0. The van der Waals surface area contributed by atoms with E-state index < -0.39 is 6.61 Å². The van der Waals surface area contributed by atoms with Crippen LogP contribution in [0.15, 0.2) is 40.7 Å². The second-order valence-electron chi connectivity index (χ2n) is 4.81. The molecular weight excluding hydrogens is 483 g/mol. The topological polar surface area (TPSA) is 45.7 Å². The molecule has 0 amide bonds. The molecular formula is C16H19ClF2IN3OS. The van der Waals surface area contributed by atoms with E-state index in [-0.39, 0.29) is 36.3 Å². The maximum atomic E-state index is 12.5. The van der Waals surface area contributed by atoms with Crippen molar-refractivity contribution in [1.29, 1.82) is 0 Å². The predicted molar refractivity (Wildman–Crippen MR) is 110 cm³/mol. The molecule has 25 heavy (non-hydrogen) atoms. The van der Waals surface area contributed by atoms with Crippen LogP contribution >= 0.6 is 46.9 Å². The SMILES string of the molecule is CN=C(NCCc1cccs1)NCc1cc(Cl)ccc1OC(F)F.I. The van der Waals surface area contributed by atoms with Crippen molar-refractivity contribution in [2.75, 3.05) is 13.6 Å². The molecule has 0 aliphatic heterocycles. The second kappa shape index (κ2) is 11.5. The fourth-order valence-electron chi connectivity index (χ4n) is 2.06. The largest absolute Gasteiger partial charge is 0.434 e. The lowest BCUT2D eigenvalue weighted by atomic mass is 10.2. The van der Waals surface area contributed by atoms with E-state index in [1.807, 2.05) is 11.4 Å². The van der Waals surface area contributed by atoms with Crippen molar-refractivity contribution in [1.82, 2.24) is 10.6 Å². The van der Waals surface area contributed by atoms with Gasteiger partial charge in [-0.05, 0) is 36.1 Å². The normalized spacial score (nSPS) is 11.2. The monoisotopic (exact) mass is 501 g/mol. The van der Waals surface area contributed by atoms with Crippen LogP contribution < -0.4 is 15.4 Å². The highest BCUT2D eigenvalue weighted by molar-refractivity contribution is 14.0. The van der Waals surface area contributed by atoms with E-state index in [9.17, 15) is 8.78 Å². The van der Waals surface area contributed by atoms with Crippen molar-refractivity contribution in [3.8, 4) is 5.75 Å². The number of halogens is 4. The third kappa shape index (κ3) is 7.74. The summed E-state index contributed by atoms with van der Waals surface area (Å²) in [6.45, 7) is -1.90. The summed E-state index contributed by atoms with van der Waals surface area (Å²) in [5.74, 6) is 0.672. The number of thiophene rings is 1. The van der Waals surface area contributed by atoms with E-state index in [2.05, 4.69) is 26.4 Å². The summed E-state index contributed by atoms with van der Waals surface area (Å²) in [6, 6.07) is 8.61. The fraction of sp³-hybridized carbons (Fsp3) is 0.312. The minimum Gasteiger partial charge on any atom is -0.434 e. The molecule has 138 valence electrons. The van der Waals surface area contributed by atoms with E-state index >= 15 is 0 Å². The number of guanidine groups is 1. The third-order valence-electron chi connectivity index (χ3n) is 3.15. The quantitative estimate of drug-likeness (QED) is 0.333. The Bertz CT molecular complexity index is 671. The third-order valence-corrected chi connectivity index (χ3v) is 4.32. The van der Waals surface area contributed by atoms with Crippen molar-refractivity contribution in [2.24, 2.45) is 4.99 Å². The highest BCUT2D eigenvalue weighted by Crippen LogP contribution is 2.24. The van der Waals surface area contributed by atoms with Crippen LogP contribution in [0.2, 0.25) is 5.02 Å². The predicted octanol–water partition coefficient (Wildman–Crippen LogP) is 4.53. The maximum absolute atomic E-state index is 12.5. The molecule has 1 aromatic carbocycles. The molecule has 0 atom stereocenters. The first-order valence-electron chi connectivity index (χ1n) is 7.28. The lowest BCUT2D eigenvalue weighted by molar-refractivity contribution is -0.0504. The highest BCUT2D eigenvalue weighted by Gasteiger charge is 2.11. The Morgan fingerprint density at radius 1 is 1.32 bits per heavy atom. The first kappa shape index (κ1) is 21.9. The summed E-state index contributed by atoms with van der Waals surface area (Å²) in [5.41, 5.74) is 0.531. The molecule has 2 N–H and O–H groups in total. The number of nitrogens with zero attached hydrogens (tertiary/aromatic N) is 1. The molecule has 9 heteroatoms. The molecule has 1 heterocycles. The van der Waals surface area contributed by atoms with E-state index in [0.717, 1.165) is 13.0 Å². The fourth-order valence-corrected chi connectivity index (χ4v) is 2.96. The molecule has 0 spiro atoms. The molecule has 0 bridgehead atoms. The molecule has 4 nitrogen and oxygen atoms in total. The van der Waals surface area contributed by atoms with Crippen LogP contribution in [0.4, 0.5) is 8.78 Å². The Morgan fingerprint density at radius 3 is 2.76 bits per heavy atom. The van der Waals surface area contributed by atoms with Crippen LogP contribution in [-0.4, -0.2) is 26.2 Å². The number of rotatable bonds is 7. The van der Waals surface area contributed by atoms with Crippen LogP contribution in [0.5, 0.6) is 5.75 Å². The van der Waals surface area contributed by atoms with Gasteiger partial charge in [0.15, 0.2) is 5.96 Å². The average molecular weight is 502 g/mol. The Kier molecular flexibility index (Phi) is 10.1. The molecule has 2 rings (SSSR count). The van der Waals surface area contributed by atoms with Gasteiger partial charge >= 0.3 is 6.61 Å². The molecule has 2 aromatic rings. The maximum Gasteiger partial charge on any atom is 0.387 e. The van der Waals surface area contributed by atoms with Crippen LogP contribution in [-0.2, 0) is 13.0 Å². The van der Waals surface area contributed by atoms with Gasteiger partial charge in [-0.3, -0.25) is 4.99 Å². The number of hydrogen-bond acceptors (Lipinski definition) is 3. The Labute approximate surface area is 171 Å². The van der Waals surface area contributed by atoms with Gasteiger partial charge in [0.05, 0.1) is 0 Å². The van der Waals surface area contributed by atoms with Gasteiger partial charge < -0.3 is 15.4 Å². The second-order valence-corrected chi connectivity index (χ2v) is 6.28. The number of aliphatic imine (C=N–C) groups is 1. The molecule has 0 aliphatic carbocycles. The molecule has 0 unspecified atom stereocenters. The van der Waals surface area contributed by atoms with Crippen LogP contribution in [0.3, 0.4) is 0 Å². The van der Waals surface area contributed by atoms with Crippen molar-refractivity contribution < 1.29 is 13.5 Å². The summed E-state index contributed by atoms with van der Waals surface area (Å²) in [5, 5.41) is 8.73. The van der Waals surface area contributed by atoms with Gasteiger partial charge in [0, 0.05) is 35.6 Å². The van der Waals surface area contributed by atoms with E-state index in [1.165, 1.54) is 17.0 Å². The average Bonchev–Trinajstić information content (AvgIpc) is 3.06. The Balaban J connectivity index is 0.00000312. The summed E-state index contributed by atoms with van der Waals surface area (Å²) in [7, 11) is 1.65. The highest BCUT2D eigenvalue weighted by atomic mass is 127. The zero-order chi connectivity index (χ0) is 17.4. The molecule has 0 aliphatic rings. The number of ether oxygens (including phenoxy) is 1. The lowest BCUT2D eigenvalue weighted by Gasteiger charge is -2.14. The molecule has 0 saturated heterocycles. The first-order chi connectivity index (χ1) is 11.6. The summed E-state index contributed by atoms with van der Waals surface area (Å²) in [4.78, 5) is 5.39. The number of benzene rings is 1. The van der Waals surface area contributed by atoms with Crippen LogP contribution in [0.1, 0.15) is 10.4 Å².